The molecule has 18 heavy (non-hydrogen) atoms. The van der Waals surface area contributed by atoms with Gasteiger partial charge in [0.1, 0.15) is 0 Å². The third kappa shape index (κ3) is 2.68. The SMILES string of the molecule is CCn1ccnc1NCc1ccc(C(=O)O)cc1. The van der Waals surface area contributed by atoms with Crippen LogP contribution in [0.25, 0.3) is 0 Å². The van der Waals surface area contributed by atoms with E-state index in [1.54, 1.807) is 30.5 Å². The molecule has 0 saturated heterocycles. The Bertz CT molecular complexity index is 531. The van der Waals surface area contributed by atoms with E-state index in [4.69, 9.17) is 5.11 Å². The summed E-state index contributed by atoms with van der Waals surface area (Å²) in [4.78, 5) is 14.9. The first-order chi connectivity index (χ1) is 8.70. The number of hydrogen-bond acceptors (Lipinski definition) is 3. The Hall–Kier alpha value is -2.30. The van der Waals surface area contributed by atoms with E-state index in [-0.39, 0.29) is 0 Å². The standard InChI is InChI=1S/C13H15N3O2/c1-2-16-8-7-14-13(16)15-9-10-3-5-11(6-4-10)12(17)18/h3-8H,2,9H2,1H3,(H,14,15)(H,17,18). The summed E-state index contributed by atoms with van der Waals surface area (Å²) < 4.78 is 2.01. The topological polar surface area (TPSA) is 67.2 Å². The normalized spacial score (nSPS) is 10.3. The highest BCUT2D eigenvalue weighted by atomic mass is 16.4. The number of nitrogens with zero attached hydrogens (tertiary/aromatic N) is 2. The minimum Gasteiger partial charge on any atom is -0.478 e. The van der Waals surface area contributed by atoms with Gasteiger partial charge in [-0.1, -0.05) is 12.1 Å². The van der Waals surface area contributed by atoms with E-state index in [9.17, 15) is 4.79 Å². The molecule has 2 aromatic rings. The van der Waals surface area contributed by atoms with Crippen molar-refractivity contribution in [3.05, 3.63) is 47.8 Å². The average Bonchev–Trinajstić information content (AvgIpc) is 2.84. The van der Waals surface area contributed by atoms with Gasteiger partial charge >= 0.3 is 5.97 Å². The van der Waals surface area contributed by atoms with Crippen molar-refractivity contribution in [3.8, 4) is 0 Å². The van der Waals surface area contributed by atoms with Crippen molar-refractivity contribution in [2.45, 2.75) is 20.0 Å². The summed E-state index contributed by atoms with van der Waals surface area (Å²) in [6.07, 6.45) is 3.66. The predicted octanol–water partition coefficient (Wildman–Crippen LogP) is 2.21. The molecule has 2 N–H and O–H groups in total. The summed E-state index contributed by atoms with van der Waals surface area (Å²) in [7, 11) is 0. The van der Waals surface area contributed by atoms with E-state index >= 15 is 0 Å². The lowest BCUT2D eigenvalue weighted by atomic mass is 10.1. The second kappa shape index (κ2) is 5.35. The first kappa shape index (κ1) is 12.2. The van der Waals surface area contributed by atoms with E-state index in [2.05, 4.69) is 17.2 Å². The van der Waals surface area contributed by atoms with Gasteiger partial charge in [0.2, 0.25) is 5.95 Å². The fourth-order valence-corrected chi connectivity index (χ4v) is 1.68. The lowest BCUT2D eigenvalue weighted by Crippen LogP contribution is -2.06. The molecule has 0 atom stereocenters. The summed E-state index contributed by atoms with van der Waals surface area (Å²) in [6, 6.07) is 6.81. The number of carboxylic acids is 1. The van der Waals surface area contributed by atoms with Gasteiger partial charge in [0, 0.05) is 25.5 Å². The molecule has 0 aliphatic carbocycles. The van der Waals surface area contributed by atoms with E-state index in [0.717, 1.165) is 18.1 Å². The largest absolute Gasteiger partial charge is 0.478 e. The van der Waals surface area contributed by atoms with Crippen LogP contribution in [-0.4, -0.2) is 20.6 Å². The minimum atomic E-state index is -0.906. The third-order valence-corrected chi connectivity index (χ3v) is 2.71. The molecule has 5 heteroatoms. The molecular formula is C13H15N3O2. The maximum absolute atomic E-state index is 10.7. The van der Waals surface area contributed by atoms with Crippen molar-refractivity contribution in [2.75, 3.05) is 5.32 Å². The molecule has 1 aromatic heterocycles. The number of carboxylic acid groups (broad SMARTS) is 1. The van der Waals surface area contributed by atoms with E-state index in [1.807, 2.05) is 10.8 Å². The quantitative estimate of drug-likeness (QED) is 0.847. The molecule has 1 heterocycles. The highest BCUT2D eigenvalue weighted by Crippen LogP contribution is 2.09. The summed E-state index contributed by atoms with van der Waals surface area (Å²) >= 11 is 0. The Kier molecular flexibility index (Phi) is 3.62. The van der Waals surface area contributed by atoms with Gasteiger partial charge in [0.15, 0.2) is 0 Å². The van der Waals surface area contributed by atoms with E-state index in [1.165, 1.54) is 0 Å². The number of carbonyl (C=O) groups is 1. The predicted molar refractivity (Wildman–Crippen MR) is 68.6 cm³/mol. The van der Waals surface area contributed by atoms with Gasteiger partial charge < -0.3 is 15.0 Å². The number of anilines is 1. The number of imidazole rings is 1. The number of aromatic carboxylic acids is 1. The second-order valence-corrected chi connectivity index (χ2v) is 3.89. The Morgan fingerprint density at radius 2 is 2.11 bits per heavy atom. The minimum absolute atomic E-state index is 0.300. The van der Waals surface area contributed by atoms with Crippen molar-refractivity contribution >= 4 is 11.9 Å². The molecule has 0 aliphatic rings. The van der Waals surface area contributed by atoms with Crippen molar-refractivity contribution < 1.29 is 9.90 Å². The summed E-state index contributed by atoms with van der Waals surface area (Å²) in [5.41, 5.74) is 1.32. The first-order valence-corrected chi connectivity index (χ1v) is 5.78. The molecule has 2 rings (SSSR count). The van der Waals surface area contributed by atoms with Gasteiger partial charge in [-0.2, -0.15) is 0 Å². The molecule has 0 amide bonds. The van der Waals surface area contributed by atoms with E-state index < -0.39 is 5.97 Å². The van der Waals surface area contributed by atoms with Crippen molar-refractivity contribution in [2.24, 2.45) is 0 Å². The number of hydrogen-bond donors (Lipinski definition) is 2. The highest BCUT2D eigenvalue weighted by molar-refractivity contribution is 5.87. The number of rotatable bonds is 5. The Morgan fingerprint density at radius 3 is 2.72 bits per heavy atom. The molecule has 0 spiro atoms. The highest BCUT2D eigenvalue weighted by Gasteiger charge is 2.03. The van der Waals surface area contributed by atoms with Gasteiger partial charge in [-0.25, -0.2) is 9.78 Å². The molecular weight excluding hydrogens is 230 g/mol. The molecule has 1 aromatic carbocycles. The summed E-state index contributed by atoms with van der Waals surface area (Å²) in [5.74, 6) is -0.0872. The molecule has 0 aliphatic heterocycles. The number of nitrogens with one attached hydrogen (secondary N) is 1. The molecule has 0 saturated carbocycles. The number of aromatic nitrogens is 2. The van der Waals surface area contributed by atoms with Gasteiger partial charge in [-0.3, -0.25) is 0 Å². The Morgan fingerprint density at radius 1 is 1.39 bits per heavy atom. The van der Waals surface area contributed by atoms with Crippen molar-refractivity contribution in [1.29, 1.82) is 0 Å². The van der Waals surface area contributed by atoms with Crippen LogP contribution in [0.3, 0.4) is 0 Å². The molecule has 5 nitrogen and oxygen atoms in total. The van der Waals surface area contributed by atoms with Crippen LogP contribution in [-0.2, 0) is 13.1 Å². The van der Waals surface area contributed by atoms with Crippen LogP contribution in [0.15, 0.2) is 36.7 Å². The maximum Gasteiger partial charge on any atom is 0.335 e. The maximum atomic E-state index is 10.7. The van der Waals surface area contributed by atoms with Gasteiger partial charge in [0.05, 0.1) is 5.56 Å². The fourth-order valence-electron chi connectivity index (χ4n) is 1.68. The van der Waals surface area contributed by atoms with Gasteiger partial charge in [-0.05, 0) is 24.6 Å². The summed E-state index contributed by atoms with van der Waals surface area (Å²) in [5, 5.41) is 12.0. The van der Waals surface area contributed by atoms with Crippen LogP contribution in [0.1, 0.15) is 22.8 Å². The number of benzene rings is 1. The van der Waals surface area contributed by atoms with E-state index in [0.29, 0.717) is 12.1 Å². The average molecular weight is 245 g/mol. The zero-order valence-electron chi connectivity index (χ0n) is 10.1. The fraction of sp³-hybridized carbons (Fsp3) is 0.231. The van der Waals surface area contributed by atoms with Crippen LogP contribution in [0, 0.1) is 0 Å². The van der Waals surface area contributed by atoms with Crippen molar-refractivity contribution in [3.63, 3.8) is 0 Å². The lowest BCUT2D eigenvalue weighted by molar-refractivity contribution is 0.0697. The molecule has 0 unspecified atom stereocenters. The number of aryl methyl sites for hydroxylation is 1. The van der Waals surface area contributed by atoms with Crippen LogP contribution in [0.4, 0.5) is 5.95 Å². The zero-order valence-corrected chi connectivity index (χ0v) is 10.1. The van der Waals surface area contributed by atoms with Crippen LogP contribution >= 0.6 is 0 Å². The first-order valence-electron chi connectivity index (χ1n) is 5.78. The molecule has 94 valence electrons. The van der Waals surface area contributed by atoms with Gasteiger partial charge in [0.25, 0.3) is 0 Å². The Balaban J connectivity index is 2.00. The van der Waals surface area contributed by atoms with Crippen molar-refractivity contribution in [1.82, 2.24) is 9.55 Å². The smallest absolute Gasteiger partial charge is 0.335 e. The van der Waals surface area contributed by atoms with Crippen LogP contribution in [0.5, 0.6) is 0 Å². The summed E-state index contributed by atoms with van der Waals surface area (Å²) in [6.45, 7) is 3.53. The molecule has 0 fully saturated rings. The van der Waals surface area contributed by atoms with Gasteiger partial charge in [-0.15, -0.1) is 0 Å². The lowest BCUT2D eigenvalue weighted by Gasteiger charge is -2.08. The molecule has 0 radical (unpaired) electrons. The van der Waals surface area contributed by atoms with Crippen LogP contribution in [0.2, 0.25) is 0 Å². The molecule has 0 bridgehead atoms. The second-order valence-electron chi connectivity index (χ2n) is 3.89. The Labute approximate surface area is 105 Å². The van der Waals surface area contributed by atoms with Crippen LogP contribution < -0.4 is 5.32 Å². The monoisotopic (exact) mass is 245 g/mol. The third-order valence-electron chi connectivity index (χ3n) is 2.71. The zero-order chi connectivity index (χ0) is 13.0.